The van der Waals surface area contributed by atoms with E-state index in [9.17, 15) is 23.1 Å². The van der Waals surface area contributed by atoms with Crippen LogP contribution >= 0.6 is 23.2 Å². The van der Waals surface area contributed by atoms with Crippen LogP contribution in [0.3, 0.4) is 0 Å². The maximum atomic E-state index is 15.2. The zero-order valence-corrected chi connectivity index (χ0v) is 20.3. The molecule has 1 unspecified atom stereocenters. The molecule has 0 fully saturated rings. The Bertz CT molecular complexity index is 1250. The number of alkyl halides is 3. The summed E-state index contributed by atoms with van der Waals surface area (Å²) in [7, 11) is 0. The van der Waals surface area contributed by atoms with Gasteiger partial charge in [-0.1, -0.05) is 23.2 Å². The van der Waals surface area contributed by atoms with Crippen molar-refractivity contribution in [2.24, 2.45) is 0 Å². The third kappa shape index (κ3) is 5.85. The molecule has 0 spiro atoms. The third-order valence-electron chi connectivity index (χ3n) is 4.92. The Kier molecular flexibility index (Phi) is 7.35. The Morgan fingerprint density at radius 1 is 1.23 bits per heavy atom. The molecule has 0 bridgehead atoms. The van der Waals surface area contributed by atoms with Crippen LogP contribution in [-0.4, -0.2) is 38.5 Å². The lowest BCUT2D eigenvalue weighted by molar-refractivity contribution is -0.189. The number of aliphatic hydroxyl groups is 1. The molecule has 3 N–H and O–H groups in total. The molecule has 0 saturated carbocycles. The summed E-state index contributed by atoms with van der Waals surface area (Å²) in [5.41, 5.74) is -1.86. The maximum absolute atomic E-state index is 15.2. The molecular formula is C22H20Cl2F4N4O3. The number of hydrogen-bond acceptors (Lipinski definition) is 5. The van der Waals surface area contributed by atoms with Crippen LogP contribution < -0.4 is 10.1 Å². The lowest BCUT2D eigenvalue weighted by atomic mass is 10.0. The number of carbonyl (C=O) groups is 1. The molecule has 188 valence electrons. The summed E-state index contributed by atoms with van der Waals surface area (Å²) < 4.78 is 59.9. The minimum atomic E-state index is -4.76. The number of anilines is 1. The fourth-order valence-electron chi connectivity index (χ4n) is 3.03. The van der Waals surface area contributed by atoms with Crippen molar-refractivity contribution >= 4 is 34.8 Å². The molecule has 0 aliphatic carbocycles. The van der Waals surface area contributed by atoms with Crippen LogP contribution in [0, 0.1) is 12.7 Å². The van der Waals surface area contributed by atoms with Crippen LogP contribution in [0.25, 0.3) is 11.3 Å². The second-order valence-electron chi connectivity index (χ2n) is 8.18. The number of rotatable bonds is 6. The Labute approximate surface area is 207 Å². The summed E-state index contributed by atoms with van der Waals surface area (Å²) in [6.07, 6.45) is -7.09. The van der Waals surface area contributed by atoms with Gasteiger partial charge in [-0.2, -0.15) is 18.3 Å². The predicted octanol–water partition coefficient (Wildman–Crippen LogP) is 6.04. The molecule has 1 atom stereocenters. The van der Waals surface area contributed by atoms with E-state index in [-0.39, 0.29) is 32.8 Å². The van der Waals surface area contributed by atoms with Gasteiger partial charge in [0.15, 0.2) is 11.3 Å². The van der Waals surface area contributed by atoms with Gasteiger partial charge in [0.2, 0.25) is 0 Å². The normalized spacial score (nSPS) is 13.0. The van der Waals surface area contributed by atoms with E-state index in [1.807, 2.05) is 0 Å². The number of pyridine rings is 1. The first kappa shape index (κ1) is 26.7. The number of aryl methyl sites for hydroxylation is 1. The SMILES string of the molecule is Cc1[nH]nc(Cl)c1NC(=O)c1cc(F)c(-c2ccc(Cl)c(C(C)(C)O)n2)cc1OC(C)C(F)(F)F. The van der Waals surface area contributed by atoms with Crippen molar-refractivity contribution in [3.8, 4) is 17.0 Å². The minimum Gasteiger partial charge on any atom is -0.480 e. The Morgan fingerprint density at radius 3 is 2.43 bits per heavy atom. The fourth-order valence-corrected chi connectivity index (χ4v) is 3.60. The minimum absolute atomic E-state index is 0.0223. The molecule has 2 heterocycles. The second-order valence-corrected chi connectivity index (χ2v) is 8.95. The molecule has 0 saturated heterocycles. The van der Waals surface area contributed by atoms with E-state index in [4.69, 9.17) is 27.9 Å². The van der Waals surface area contributed by atoms with E-state index in [0.717, 1.165) is 19.1 Å². The van der Waals surface area contributed by atoms with E-state index in [0.29, 0.717) is 5.69 Å². The molecule has 0 radical (unpaired) electrons. The van der Waals surface area contributed by atoms with Gasteiger partial charge in [0.05, 0.1) is 27.7 Å². The van der Waals surface area contributed by atoms with Crippen LogP contribution in [0.5, 0.6) is 5.75 Å². The first-order chi connectivity index (χ1) is 16.1. The summed E-state index contributed by atoms with van der Waals surface area (Å²) in [5, 5.41) is 18.9. The number of nitrogens with zero attached hydrogens (tertiary/aromatic N) is 2. The van der Waals surface area contributed by atoms with Crippen molar-refractivity contribution in [1.82, 2.24) is 15.2 Å². The smallest absolute Gasteiger partial charge is 0.425 e. The zero-order chi connectivity index (χ0) is 26.3. The highest BCUT2D eigenvalue weighted by Crippen LogP contribution is 2.36. The molecule has 35 heavy (non-hydrogen) atoms. The summed E-state index contributed by atoms with van der Waals surface area (Å²) in [4.78, 5) is 17.1. The first-order valence-electron chi connectivity index (χ1n) is 10.1. The van der Waals surface area contributed by atoms with Gasteiger partial charge < -0.3 is 15.2 Å². The number of H-pyrrole nitrogens is 1. The van der Waals surface area contributed by atoms with E-state index in [2.05, 4.69) is 20.5 Å². The number of amides is 1. The van der Waals surface area contributed by atoms with Gasteiger partial charge in [-0.25, -0.2) is 9.37 Å². The lowest BCUT2D eigenvalue weighted by Crippen LogP contribution is -2.32. The molecular weight excluding hydrogens is 515 g/mol. The molecule has 2 aromatic heterocycles. The molecule has 1 aromatic carbocycles. The number of halogens is 6. The quantitative estimate of drug-likeness (QED) is 0.335. The third-order valence-corrected chi connectivity index (χ3v) is 5.50. The van der Waals surface area contributed by atoms with Gasteiger partial charge in [0.1, 0.15) is 22.9 Å². The van der Waals surface area contributed by atoms with Crippen molar-refractivity contribution in [2.75, 3.05) is 5.32 Å². The van der Waals surface area contributed by atoms with Gasteiger partial charge >= 0.3 is 6.18 Å². The van der Waals surface area contributed by atoms with Gasteiger partial charge in [0, 0.05) is 5.56 Å². The van der Waals surface area contributed by atoms with E-state index >= 15 is 4.39 Å². The van der Waals surface area contributed by atoms with Crippen LogP contribution in [0.4, 0.5) is 23.2 Å². The van der Waals surface area contributed by atoms with E-state index in [1.165, 1.54) is 26.0 Å². The highest BCUT2D eigenvalue weighted by molar-refractivity contribution is 6.33. The zero-order valence-electron chi connectivity index (χ0n) is 18.8. The highest BCUT2D eigenvalue weighted by atomic mass is 35.5. The van der Waals surface area contributed by atoms with Gasteiger partial charge in [-0.15, -0.1) is 0 Å². The van der Waals surface area contributed by atoms with Crippen LogP contribution in [0.15, 0.2) is 24.3 Å². The van der Waals surface area contributed by atoms with E-state index in [1.54, 1.807) is 6.92 Å². The number of benzene rings is 1. The molecule has 3 aromatic rings. The number of aromatic nitrogens is 3. The van der Waals surface area contributed by atoms with Crippen molar-refractivity contribution < 1.29 is 32.2 Å². The first-order valence-corrected chi connectivity index (χ1v) is 10.8. The highest BCUT2D eigenvalue weighted by Gasteiger charge is 2.39. The number of nitrogens with one attached hydrogen (secondary N) is 2. The van der Waals surface area contributed by atoms with Crippen molar-refractivity contribution in [3.05, 3.63) is 57.2 Å². The molecule has 0 aliphatic heterocycles. The van der Waals surface area contributed by atoms with Crippen molar-refractivity contribution in [3.63, 3.8) is 0 Å². The molecule has 1 amide bonds. The van der Waals surface area contributed by atoms with E-state index < -0.39 is 40.9 Å². The van der Waals surface area contributed by atoms with Gasteiger partial charge in [0.25, 0.3) is 5.91 Å². The summed E-state index contributed by atoms with van der Waals surface area (Å²) in [5.74, 6) is -2.51. The number of hydrogen-bond donors (Lipinski definition) is 3. The average molecular weight is 535 g/mol. The standard InChI is InChI=1S/C22H20Cl2F4N4O3/c1-9-17(19(24)32-31-9)30-20(33)12-7-14(25)11(8-16(12)35-10(2)22(26,27)28)15-6-5-13(23)18(29-15)21(3,4)34/h5-8,10,34H,1-4H3,(H,30,33)(H,31,32). The van der Waals surface area contributed by atoms with Gasteiger partial charge in [-0.05, 0) is 52.0 Å². The number of carbonyl (C=O) groups excluding carboxylic acids is 1. The predicted molar refractivity (Wildman–Crippen MR) is 122 cm³/mol. The Hall–Kier alpha value is -2.89. The van der Waals surface area contributed by atoms with Crippen LogP contribution in [0.1, 0.15) is 42.5 Å². The second kappa shape index (κ2) is 9.63. The van der Waals surface area contributed by atoms with Crippen LogP contribution in [-0.2, 0) is 5.60 Å². The Morgan fingerprint density at radius 2 is 1.89 bits per heavy atom. The molecule has 7 nitrogen and oxygen atoms in total. The van der Waals surface area contributed by atoms with Crippen molar-refractivity contribution in [2.45, 2.75) is 45.6 Å². The monoisotopic (exact) mass is 534 g/mol. The number of aromatic amines is 1. The summed E-state index contributed by atoms with van der Waals surface area (Å²) in [6.45, 7) is 5.12. The summed E-state index contributed by atoms with van der Waals surface area (Å²) >= 11 is 12.0. The average Bonchev–Trinajstić information content (AvgIpc) is 3.05. The maximum Gasteiger partial charge on any atom is 0.425 e. The largest absolute Gasteiger partial charge is 0.480 e. The number of ether oxygens (including phenoxy) is 1. The van der Waals surface area contributed by atoms with Crippen molar-refractivity contribution in [1.29, 1.82) is 0 Å². The molecule has 3 rings (SSSR count). The summed E-state index contributed by atoms with van der Waals surface area (Å²) in [6, 6.07) is 4.34. The lowest BCUT2D eigenvalue weighted by Gasteiger charge is -2.21. The molecule has 13 heteroatoms. The Balaban J connectivity index is 2.14. The fraction of sp³-hybridized carbons (Fsp3) is 0.318. The molecule has 0 aliphatic rings. The topological polar surface area (TPSA) is 100 Å². The van der Waals surface area contributed by atoms with Crippen LogP contribution in [0.2, 0.25) is 10.2 Å². The van der Waals surface area contributed by atoms with Gasteiger partial charge in [-0.3, -0.25) is 9.89 Å².